The Bertz CT molecular complexity index is 4360. The molecule has 6 aliphatic rings. The number of thioether (sulfide) groups is 1. The van der Waals surface area contributed by atoms with Crippen LogP contribution in [0.2, 0.25) is 0 Å². The lowest BCUT2D eigenvalue weighted by atomic mass is 9.94. The predicted octanol–water partition coefficient (Wildman–Crippen LogP) is 17.2. The second-order valence-electron chi connectivity index (χ2n) is 20.2. The number of aromatic nitrogens is 5. The van der Waals surface area contributed by atoms with Crippen LogP contribution in [0.15, 0.2) is 216 Å². The van der Waals surface area contributed by atoms with Crippen LogP contribution in [-0.4, -0.2) is 36.0 Å². The summed E-state index contributed by atoms with van der Waals surface area (Å²) in [5.74, 6) is 1.91. The lowest BCUT2D eigenvalue weighted by Gasteiger charge is -2.36. The quantitative estimate of drug-likeness (QED) is 0.166. The zero-order valence-electron chi connectivity index (χ0n) is 41.9. The summed E-state index contributed by atoms with van der Waals surface area (Å²) in [4.78, 5) is 21.2. The molecular formula is C68H50N6S2. The monoisotopic (exact) mass is 1010 g/mol. The highest BCUT2D eigenvalue weighted by atomic mass is 32.2. The maximum atomic E-state index is 5.37. The van der Waals surface area contributed by atoms with Gasteiger partial charge in [-0.2, -0.15) is 9.97 Å². The molecule has 9 aromatic rings. The van der Waals surface area contributed by atoms with E-state index in [0.717, 1.165) is 71.1 Å². The number of fused-ring (bicyclic) bond motifs is 10. The predicted molar refractivity (Wildman–Crippen MR) is 321 cm³/mol. The van der Waals surface area contributed by atoms with E-state index in [9.17, 15) is 0 Å². The second-order valence-corrected chi connectivity index (χ2v) is 22.4. The minimum atomic E-state index is -0.0542. The van der Waals surface area contributed by atoms with Crippen LogP contribution in [0.3, 0.4) is 0 Å². The van der Waals surface area contributed by atoms with Crippen molar-refractivity contribution in [2.45, 2.75) is 43.0 Å². The molecule has 15 rings (SSSR count). The first-order chi connectivity index (χ1) is 37.6. The van der Waals surface area contributed by atoms with Gasteiger partial charge in [0.2, 0.25) is 5.95 Å². The smallest absolute Gasteiger partial charge is 0.238 e. The van der Waals surface area contributed by atoms with Crippen LogP contribution in [0.5, 0.6) is 0 Å². The number of likely N-dealkylation sites (N-methyl/N-ethyl adjacent to an activating group) is 1. The van der Waals surface area contributed by atoms with Gasteiger partial charge in [0, 0.05) is 88.7 Å². The fourth-order valence-corrected chi connectivity index (χ4v) is 14.1. The van der Waals surface area contributed by atoms with Crippen LogP contribution in [0.1, 0.15) is 70.3 Å². The molecule has 364 valence electrons. The van der Waals surface area contributed by atoms with Crippen molar-refractivity contribution in [3.8, 4) is 17.3 Å². The molecule has 0 bridgehead atoms. The van der Waals surface area contributed by atoms with Gasteiger partial charge in [0.05, 0.1) is 22.8 Å². The van der Waals surface area contributed by atoms with Gasteiger partial charge in [0.25, 0.3) is 0 Å². The maximum Gasteiger partial charge on any atom is 0.238 e. The highest BCUT2D eigenvalue weighted by Crippen LogP contribution is 2.47. The van der Waals surface area contributed by atoms with Crippen molar-refractivity contribution in [1.82, 2.24) is 29.0 Å². The van der Waals surface area contributed by atoms with E-state index < -0.39 is 0 Å². The van der Waals surface area contributed by atoms with Gasteiger partial charge in [0.1, 0.15) is 0 Å². The third-order valence-corrected chi connectivity index (χ3v) is 18.1. The maximum absolute atomic E-state index is 5.37. The van der Waals surface area contributed by atoms with Crippen molar-refractivity contribution in [2.75, 3.05) is 7.05 Å². The topological polar surface area (TPSA) is 51.8 Å². The van der Waals surface area contributed by atoms with Gasteiger partial charge in [-0.25, -0.2) is 4.98 Å². The van der Waals surface area contributed by atoms with E-state index in [2.05, 4.69) is 221 Å². The molecule has 1 unspecified atom stereocenters. The van der Waals surface area contributed by atoms with Gasteiger partial charge in [-0.15, -0.1) is 11.3 Å². The Labute approximate surface area is 449 Å². The van der Waals surface area contributed by atoms with E-state index >= 15 is 0 Å². The van der Waals surface area contributed by atoms with Crippen molar-refractivity contribution in [1.29, 1.82) is 0 Å². The van der Waals surface area contributed by atoms with Crippen molar-refractivity contribution in [3.63, 3.8) is 0 Å². The van der Waals surface area contributed by atoms with E-state index in [1.165, 1.54) is 80.1 Å². The van der Waals surface area contributed by atoms with Gasteiger partial charge >= 0.3 is 0 Å². The van der Waals surface area contributed by atoms with E-state index in [-0.39, 0.29) is 6.04 Å². The van der Waals surface area contributed by atoms with E-state index in [1.54, 1.807) is 0 Å². The molecule has 0 amide bonds. The number of rotatable bonds is 6. The SMILES string of the molecule is CN1C(c2ccc3sc4ccccc4c3c2)=CC(n2c3c(c4cc5c(cc42)c2c(n5-c4nc(C5=CCC=CC=C5)nc(-c5ccccc5)n4)CC=CC=C2)C=CCC=C3)=CC1c1ccc2c(c1)CC1=C(CC=CC=C1)S2. The number of benzene rings is 5. The average molecular weight is 1020 g/mol. The number of thiophene rings is 1. The molecule has 0 spiro atoms. The Hall–Kier alpha value is -8.56. The molecule has 5 aromatic carbocycles. The molecule has 0 saturated heterocycles. The zero-order valence-corrected chi connectivity index (χ0v) is 43.5. The van der Waals surface area contributed by atoms with Gasteiger partial charge < -0.3 is 9.47 Å². The van der Waals surface area contributed by atoms with Crippen molar-refractivity contribution in [2.24, 2.45) is 0 Å². The summed E-state index contributed by atoms with van der Waals surface area (Å²) in [6.45, 7) is 0. The van der Waals surface area contributed by atoms with Gasteiger partial charge in [-0.05, 0) is 107 Å². The number of allylic oxidation sites excluding steroid dienone is 19. The normalized spacial score (nSPS) is 17.6. The molecule has 4 aromatic heterocycles. The largest absolute Gasteiger partial charge is 0.363 e. The summed E-state index contributed by atoms with van der Waals surface area (Å²) >= 11 is 3.81. The summed E-state index contributed by atoms with van der Waals surface area (Å²) in [6.07, 6.45) is 46.9. The molecule has 0 saturated carbocycles. The fourth-order valence-electron chi connectivity index (χ4n) is 11.9. The lowest BCUT2D eigenvalue weighted by Crippen LogP contribution is -2.26. The summed E-state index contributed by atoms with van der Waals surface area (Å²) in [5, 5.41) is 4.93. The summed E-state index contributed by atoms with van der Waals surface area (Å²) in [7, 11) is 2.28. The van der Waals surface area contributed by atoms with Crippen LogP contribution in [-0.2, 0) is 12.8 Å². The molecule has 1 atom stereocenters. The molecule has 2 aliphatic heterocycles. The van der Waals surface area contributed by atoms with Crippen molar-refractivity contribution < 1.29 is 0 Å². The Balaban J connectivity index is 0.960. The summed E-state index contributed by atoms with van der Waals surface area (Å²) < 4.78 is 7.47. The molecule has 6 nitrogen and oxygen atoms in total. The molecule has 76 heavy (non-hydrogen) atoms. The van der Waals surface area contributed by atoms with E-state index in [0.29, 0.717) is 17.6 Å². The fraction of sp³-hybridized carbons (Fsp3) is 0.103. The number of hydrogen-bond donors (Lipinski definition) is 0. The standard InChI is InChI=1S/C68H50N6S2/c1-72-58(45-32-34-63-48(36-45)37-47-24-12-5-17-30-62(47)75-63)39-49(40-59(72)46-33-35-65-55(38-46)52-27-18-19-31-64(52)76-65)73-56-28-15-6-13-25-50(56)53-42-61-54(41-60(53)73)51-26-14-7-16-29-57(51)74(61)68-70-66(43-20-8-2-3-9-21-43)69-67(71-68)44-22-10-4-11-23-44/h2-5,7-8,10-28,31-36,38-42,58H,6,9,29-30,37H2,1H3. The number of hydrogen-bond acceptors (Lipinski definition) is 6. The van der Waals surface area contributed by atoms with Crippen LogP contribution in [0.25, 0.3) is 94.5 Å². The lowest BCUT2D eigenvalue weighted by molar-refractivity contribution is 0.412. The third-order valence-electron chi connectivity index (χ3n) is 15.6. The minimum Gasteiger partial charge on any atom is -0.363 e. The number of nitrogens with zero attached hydrogens (tertiary/aromatic N) is 6. The van der Waals surface area contributed by atoms with Crippen molar-refractivity contribution in [3.05, 3.63) is 256 Å². The van der Waals surface area contributed by atoms with E-state index in [1.807, 2.05) is 41.3 Å². The van der Waals surface area contributed by atoms with Crippen LogP contribution in [0, 0.1) is 0 Å². The van der Waals surface area contributed by atoms with Gasteiger partial charge in [0.15, 0.2) is 11.6 Å². The third kappa shape index (κ3) is 7.57. The molecule has 8 heteroatoms. The Kier molecular flexibility index (Phi) is 10.9. The van der Waals surface area contributed by atoms with Crippen molar-refractivity contribution >= 4 is 100 Å². The minimum absolute atomic E-state index is 0.0542. The first-order valence-electron chi connectivity index (χ1n) is 26.3. The van der Waals surface area contributed by atoms with Gasteiger partial charge in [-0.3, -0.25) is 4.57 Å². The summed E-state index contributed by atoms with van der Waals surface area (Å²) in [6, 6.07) is 38.2. The Morgan fingerprint density at radius 2 is 1.37 bits per heavy atom. The first-order valence-corrected chi connectivity index (χ1v) is 27.9. The Morgan fingerprint density at radius 3 is 2.30 bits per heavy atom. The molecule has 0 radical (unpaired) electrons. The highest BCUT2D eigenvalue weighted by molar-refractivity contribution is 8.03. The molecular weight excluding hydrogens is 965 g/mol. The second kappa shape index (κ2) is 18.4. The summed E-state index contributed by atoms with van der Waals surface area (Å²) in [5.41, 5.74) is 16.5. The van der Waals surface area contributed by atoms with Crippen LogP contribution in [0.4, 0.5) is 0 Å². The van der Waals surface area contributed by atoms with Crippen LogP contribution >= 0.6 is 23.1 Å². The molecule has 0 fully saturated rings. The molecule has 6 heterocycles. The van der Waals surface area contributed by atoms with Crippen LogP contribution < -0.4 is 0 Å². The first kappa shape index (κ1) is 44.9. The van der Waals surface area contributed by atoms with E-state index in [4.69, 9.17) is 15.0 Å². The molecule has 0 N–H and O–H groups in total. The van der Waals surface area contributed by atoms with Gasteiger partial charge in [-0.1, -0.05) is 176 Å². The Morgan fingerprint density at radius 1 is 0.579 bits per heavy atom. The zero-order chi connectivity index (χ0) is 50.3. The molecule has 4 aliphatic carbocycles. The highest BCUT2D eigenvalue weighted by Gasteiger charge is 2.30. The average Bonchev–Trinajstić information content (AvgIpc) is 3.67.